The fourth-order valence-electron chi connectivity index (χ4n) is 3.04. The molecule has 182 valence electrons. The van der Waals surface area contributed by atoms with Gasteiger partial charge in [-0.15, -0.1) is 11.3 Å². The first kappa shape index (κ1) is 26.7. The molecule has 0 saturated carbocycles. The van der Waals surface area contributed by atoms with Crippen molar-refractivity contribution in [1.82, 2.24) is 4.98 Å². The normalized spacial score (nSPS) is 9.51. The fraction of sp³-hybridized carbons (Fsp3) is 0.133. The number of carbonyl (C=O) groups is 2. The second-order valence-electron chi connectivity index (χ2n) is 7.43. The Morgan fingerprint density at radius 1 is 0.919 bits per heavy atom. The summed E-state index contributed by atoms with van der Waals surface area (Å²) >= 11 is 1.26. The van der Waals surface area contributed by atoms with Crippen LogP contribution in [-0.4, -0.2) is 16.9 Å². The number of nitrogens with zero attached hydrogens (tertiary/aromatic N) is 2. The average Bonchev–Trinajstić information content (AvgIpc) is 3.34. The second-order valence-corrected chi connectivity index (χ2v) is 8.51. The highest BCUT2D eigenvalue weighted by atomic mass is 32.1. The first-order chi connectivity index (χ1) is 17.9. The van der Waals surface area contributed by atoms with Crippen molar-refractivity contribution in [3.8, 4) is 29.8 Å². The highest BCUT2D eigenvalue weighted by molar-refractivity contribution is 7.12. The van der Waals surface area contributed by atoms with Crippen LogP contribution >= 0.6 is 11.3 Å². The summed E-state index contributed by atoms with van der Waals surface area (Å²) in [5.74, 6) is 11.3. The van der Waals surface area contributed by atoms with Crippen LogP contribution < -0.4 is 0 Å². The molecule has 0 fully saturated rings. The van der Waals surface area contributed by atoms with E-state index in [-0.39, 0.29) is 13.2 Å². The van der Waals surface area contributed by atoms with E-state index in [2.05, 4.69) is 47.9 Å². The molecule has 0 N–H and O–H groups in total. The van der Waals surface area contributed by atoms with Crippen LogP contribution in [0.2, 0.25) is 0 Å². The molecule has 0 spiro atoms. The quantitative estimate of drug-likeness (QED) is 0.259. The van der Waals surface area contributed by atoms with E-state index >= 15 is 0 Å². The van der Waals surface area contributed by atoms with Gasteiger partial charge in [-0.3, -0.25) is 0 Å². The van der Waals surface area contributed by atoms with Gasteiger partial charge in [0.15, 0.2) is 5.01 Å². The van der Waals surface area contributed by atoms with Crippen LogP contribution in [0.15, 0.2) is 67.8 Å². The first-order valence-corrected chi connectivity index (χ1v) is 12.0. The number of esters is 2. The van der Waals surface area contributed by atoms with Gasteiger partial charge in [0, 0.05) is 28.8 Å². The van der Waals surface area contributed by atoms with E-state index in [0.29, 0.717) is 21.1 Å². The van der Waals surface area contributed by atoms with Gasteiger partial charge in [0.2, 0.25) is 0 Å². The lowest BCUT2D eigenvalue weighted by molar-refractivity contribution is -0.140. The smallest absolute Gasteiger partial charge is 0.330 e. The summed E-state index contributed by atoms with van der Waals surface area (Å²) in [5.41, 5.74) is 4.63. The van der Waals surface area contributed by atoms with E-state index in [1.807, 2.05) is 37.3 Å². The van der Waals surface area contributed by atoms with Crippen molar-refractivity contribution in [1.29, 1.82) is 5.26 Å². The maximum atomic E-state index is 11.5. The maximum Gasteiger partial charge on any atom is 0.330 e. The summed E-state index contributed by atoms with van der Waals surface area (Å²) < 4.78 is 10.2. The van der Waals surface area contributed by atoms with Crippen LogP contribution in [0.25, 0.3) is 0 Å². The number of rotatable bonds is 7. The standard InChI is InChI=1S/C30H22N2O4S/c1-4-24-17-22(10-7-21-8-11-23(18-31)12-9-21)13-14-25(24)15-16-28-32-26(19-35-29(33)5-2)27(37-28)20-36-30(34)6-3/h5-6,8-9,11-14,17H,2-4,19-20H2,1H3. The lowest BCUT2D eigenvalue weighted by atomic mass is 10.0. The zero-order valence-electron chi connectivity index (χ0n) is 20.2. The van der Waals surface area contributed by atoms with Crippen molar-refractivity contribution in [2.24, 2.45) is 0 Å². The molecule has 0 bridgehead atoms. The van der Waals surface area contributed by atoms with Gasteiger partial charge in [-0.25, -0.2) is 14.6 Å². The Labute approximate surface area is 219 Å². The fourth-order valence-corrected chi connectivity index (χ4v) is 3.87. The van der Waals surface area contributed by atoms with Gasteiger partial charge in [-0.2, -0.15) is 5.26 Å². The number of hydrogen-bond acceptors (Lipinski definition) is 7. The number of carbonyl (C=O) groups excluding carboxylic acids is 2. The molecule has 3 rings (SSSR count). The highest BCUT2D eigenvalue weighted by Crippen LogP contribution is 2.21. The van der Waals surface area contributed by atoms with Crippen molar-refractivity contribution >= 4 is 23.3 Å². The molecule has 1 heterocycles. The van der Waals surface area contributed by atoms with Gasteiger partial charge in [0.25, 0.3) is 0 Å². The molecule has 0 atom stereocenters. The number of thiazole rings is 1. The van der Waals surface area contributed by atoms with Crippen LogP contribution in [0.5, 0.6) is 0 Å². The molecule has 0 radical (unpaired) electrons. The average molecular weight is 507 g/mol. The van der Waals surface area contributed by atoms with Gasteiger partial charge in [-0.05, 0) is 60.4 Å². The van der Waals surface area contributed by atoms with Gasteiger partial charge in [-0.1, -0.05) is 37.8 Å². The number of benzene rings is 2. The van der Waals surface area contributed by atoms with Gasteiger partial charge in [0.1, 0.15) is 13.2 Å². The van der Waals surface area contributed by atoms with E-state index in [0.717, 1.165) is 40.8 Å². The Kier molecular flexibility index (Phi) is 9.57. The van der Waals surface area contributed by atoms with Crippen LogP contribution in [0, 0.1) is 35.0 Å². The molecule has 0 unspecified atom stereocenters. The van der Waals surface area contributed by atoms with Crippen molar-refractivity contribution in [3.05, 3.63) is 111 Å². The largest absolute Gasteiger partial charge is 0.457 e. The third-order valence-electron chi connectivity index (χ3n) is 4.96. The molecule has 1 aromatic heterocycles. The number of hydrogen-bond donors (Lipinski definition) is 0. The number of ether oxygens (including phenoxy) is 2. The van der Waals surface area contributed by atoms with E-state index < -0.39 is 11.9 Å². The first-order valence-electron chi connectivity index (χ1n) is 11.2. The zero-order chi connectivity index (χ0) is 26.6. The Balaban J connectivity index is 1.82. The molecule has 0 aliphatic rings. The summed E-state index contributed by atoms with van der Waals surface area (Å²) in [6, 6.07) is 15.0. The van der Waals surface area contributed by atoms with Gasteiger partial charge < -0.3 is 9.47 Å². The lowest BCUT2D eigenvalue weighted by Gasteiger charge is -2.03. The number of aromatic nitrogens is 1. The van der Waals surface area contributed by atoms with Crippen molar-refractivity contribution in [2.75, 3.05) is 0 Å². The van der Waals surface area contributed by atoms with Crippen LogP contribution in [-0.2, 0) is 38.7 Å². The van der Waals surface area contributed by atoms with Gasteiger partial charge in [0.05, 0.1) is 22.2 Å². The summed E-state index contributed by atoms with van der Waals surface area (Å²) in [6.07, 6.45) is 2.90. The predicted molar refractivity (Wildman–Crippen MR) is 141 cm³/mol. The molecule has 0 saturated heterocycles. The van der Waals surface area contributed by atoms with Crippen molar-refractivity contribution < 1.29 is 19.1 Å². The number of nitriles is 1. The minimum atomic E-state index is -0.579. The highest BCUT2D eigenvalue weighted by Gasteiger charge is 2.14. The van der Waals surface area contributed by atoms with E-state index in [1.54, 1.807) is 12.1 Å². The van der Waals surface area contributed by atoms with E-state index in [1.165, 1.54) is 11.3 Å². The van der Waals surface area contributed by atoms with Crippen LogP contribution in [0.4, 0.5) is 0 Å². The molecule has 3 aromatic rings. The van der Waals surface area contributed by atoms with Gasteiger partial charge >= 0.3 is 11.9 Å². The molecule has 0 amide bonds. The molecule has 37 heavy (non-hydrogen) atoms. The molecule has 2 aromatic carbocycles. The Morgan fingerprint density at radius 2 is 1.54 bits per heavy atom. The molecule has 0 aliphatic carbocycles. The Hall–Kier alpha value is -4.90. The topological polar surface area (TPSA) is 89.3 Å². The molecular formula is C30H22N2O4S. The zero-order valence-corrected chi connectivity index (χ0v) is 21.0. The summed E-state index contributed by atoms with van der Waals surface area (Å²) in [7, 11) is 0. The molecule has 6 nitrogen and oxygen atoms in total. The summed E-state index contributed by atoms with van der Waals surface area (Å²) in [6.45, 7) is 8.68. The van der Waals surface area contributed by atoms with E-state index in [4.69, 9.17) is 14.7 Å². The lowest BCUT2D eigenvalue weighted by Crippen LogP contribution is -2.05. The van der Waals surface area contributed by atoms with Crippen molar-refractivity contribution in [2.45, 2.75) is 26.6 Å². The Bertz CT molecular complexity index is 1460. The van der Waals surface area contributed by atoms with Crippen LogP contribution in [0.1, 0.15) is 50.3 Å². The summed E-state index contributed by atoms with van der Waals surface area (Å²) in [5, 5.41) is 9.42. The maximum absolute atomic E-state index is 11.5. The predicted octanol–water partition coefficient (Wildman–Crippen LogP) is 4.84. The minimum Gasteiger partial charge on any atom is -0.457 e. The minimum absolute atomic E-state index is 0.0298. The monoisotopic (exact) mass is 506 g/mol. The summed E-state index contributed by atoms with van der Waals surface area (Å²) in [4.78, 5) is 28.0. The molecule has 0 aliphatic heterocycles. The SMILES string of the molecule is C=CC(=O)OCc1nc(C#Cc2ccc(C#Cc3ccc(C#N)cc3)cc2CC)sc1COC(=O)C=C. The molecular weight excluding hydrogens is 484 g/mol. The molecule has 7 heteroatoms. The second kappa shape index (κ2) is 13.3. The third-order valence-corrected chi connectivity index (χ3v) is 5.95. The third kappa shape index (κ3) is 7.80. The number of aryl methyl sites for hydroxylation is 1. The Morgan fingerprint density at radius 3 is 2.19 bits per heavy atom. The van der Waals surface area contributed by atoms with Crippen molar-refractivity contribution in [3.63, 3.8) is 0 Å². The van der Waals surface area contributed by atoms with E-state index in [9.17, 15) is 9.59 Å². The van der Waals surface area contributed by atoms with Crippen LogP contribution in [0.3, 0.4) is 0 Å².